The number of nitrogens with two attached hydrogens (primary N) is 1. The maximum Gasteiger partial charge on any atom is 0.275 e. The van der Waals surface area contributed by atoms with E-state index in [0.717, 1.165) is 17.7 Å². The number of hydrogen-bond donors (Lipinski definition) is 3. The number of amides is 1. The molecule has 1 aromatic heterocycles. The molecule has 0 aliphatic carbocycles. The van der Waals surface area contributed by atoms with E-state index in [-0.39, 0.29) is 11.6 Å². The van der Waals surface area contributed by atoms with Crippen LogP contribution < -0.4 is 16.6 Å². The molecule has 19 heavy (non-hydrogen) atoms. The molecule has 0 atom stereocenters. The molecule has 0 spiro atoms. The van der Waals surface area contributed by atoms with Gasteiger partial charge in [-0.2, -0.15) is 0 Å². The van der Waals surface area contributed by atoms with Crippen molar-refractivity contribution in [2.45, 2.75) is 13.3 Å². The van der Waals surface area contributed by atoms with Gasteiger partial charge in [0.2, 0.25) is 0 Å². The van der Waals surface area contributed by atoms with Gasteiger partial charge < -0.3 is 10.7 Å². The smallest absolute Gasteiger partial charge is 0.275 e. The van der Waals surface area contributed by atoms with Crippen LogP contribution in [0.4, 0.5) is 11.5 Å². The minimum Gasteiger partial charge on any atom is -0.321 e. The fraction of sp³-hybridized carbons (Fsp3) is 0.154. The van der Waals surface area contributed by atoms with E-state index in [1.165, 1.54) is 12.4 Å². The Balaban J connectivity index is 2.15. The Kier molecular flexibility index (Phi) is 4.04. The van der Waals surface area contributed by atoms with E-state index in [1.807, 2.05) is 24.3 Å². The van der Waals surface area contributed by atoms with Crippen molar-refractivity contribution < 1.29 is 4.79 Å². The summed E-state index contributed by atoms with van der Waals surface area (Å²) in [6.45, 7) is 2.06. The standard InChI is InChI=1S/C13H15N5O/c1-2-9-4-3-5-10(6-9)16-13(19)11-7-15-8-12(17-11)18-14/h3-8H,2,14H2,1H3,(H,16,19)(H,17,18). The van der Waals surface area contributed by atoms with Crippen molar-refractivity contribution >= 4 is 17.4 Å². The first-order valence-electron chi connectivity index (χ1n) is 5.92. The number of benzene rings is 1. The van der Waals surface area contributed by atoms with Crippen molar-refractivity contribution in [1.29, 1.82) is 0 Å². The molecule has 0 radical (unpaired) electrons. The van der Waals surface area contributed by atoms with Crippen LogP contribution in [0.3, 0.4) is 0 Å². The molecular weight excluding hydrogens is 242 g/mol. The number of nitrogens with one attached hydrogen (secondary N) is 2. The minimum atomic E-state index is -0.321. The number of anilines is 2. The van der Waals surface area contributed by atoms with E-state index in [4.69, 9.17) is 5.84 Å². The molecule has 0 fully saturated rings. The number of aryl methyl sites for hydroxylation is 1. The molecule has 1 aromatic carbocycles. The highest BCUT2D eigenvalue weighted by atomic mass is 16.1. The molecule has 2 rings (SSSR count). The lowest BCUT2D eigenvalue weighted by atomic mass is 10.1. The van der Waals surface area contributed by atoms with Gasteiger partial charge in [-0.1, -0.05) is 19.1 Å². The van der Waals surface area contributed by atoms with Crippen LogP contribution in [0.2, 0.25) is 0 Å². The summed E-state index contributed by atoms with van der Waals surface area (Å²) in [5.41, 5.74) is 4.44. The lowest BCUT2D eigenvalue weighted by Gasteiger charge is -2.06. The van der Waals surface area contributed by atoms with Crippen LogP contribution in [0.15, 0.2) is 36.7 Å². The van der Waals surface area contributed by atoms with Crippen LogP contribution in [-0.4, -0.2) is 15.9 Å². The topological polar surface area (TPSA) is 92.9 Å². The molecular formula is C13H15N5O. The number of carbonyl (C=O) groups is 1. The number of aromatic nitrogens is 2. The Hall–Kier alpha value is -2.47. The Morgan fingerprint density at radius 2 is 2.21 bits per heavy atom. The van der Waals surface area contributed by atoms with E-state index in [9.17, 15) is 4.79 Å². The first-order valence-corrected chi connectivity index (χ1v) is 5.92. The van der Waals surface area contributed by atoms with Crippen molar-refractivity contribution in [2.24, 2.45) is 5.84 Å². The second-order valence-electron chi connectivity index (χ2n) is 3.94. The Morgan fingerprint density at radius 1 is 1.37 bits per heavy atom. The van der Waals surface area contributed by atoms with Crippen molar-refractivity contribution in [2.75, 3.05) is 10.7 Å². The van der Waals surface area contributed by atoms with Gasteiger partial charge in [-0.25, -0.2) is 10.8 Å². The summed E-state index contributed by atoms with van der Waals surface area (Å²) >= 11 is 0. The second-order valence-corrected chi connectivity index (χ2v) is 3.94. The van der Waals surface area contributed by atoms with Gasteiger partial charge in [0.15, 0.2) is 5.82 Å². The lowest BCUT2D eigenvalue weighted by Crippen LogP contribution is -2.16. The number of nitrogen functional groups attached to an aromatic ring is 1. The normalized spacial score (nSPS) is 10.0. The van der Waals surface area contributed by atoms with Crippen LogP contribution in [0.5, 0.6) is 0 Å². The predicted octanol–water partition coefficient (Wildman–Crippen LogP) is 1.58. The molecule has 2 aromatic rings. The SMILES string of the molecule is CCc1cccc(NC(=O)c2cncc(NN)n2)c1. The highest BCUT2D eigenvalue weighted by Crippen LogP contribution is 2.12. The zero-order valence-electron chi connectivity index (χ0n) is 10.6. The summed E-state index contributed by atoms with van der Waals surface area (Å²) in [5.74, 6) is 5.25. The molecule has 0 saturated heterocycles. The van der Waals surface area contributed by atoms with Gasteiger partial charge in [-0.05, 0) is 24.1 Å². The summed E-state index contributed by atoms with van der Waals surface area (Å²) in [5, 5.41) is 2.77. The largest absolute Gasteiger partial charge is 0.321 e. The minimum absolute atomic E-state index is 0.206. The number of nitrogens with zero attached hydrogens (tertiary/aromatic N) is 2. The van der Waals surface area contributed by atoms with Crippen LogP contribution in [0, 0.1) is 0 Å². The predicted molar refractivity (Wildman–Crippen MR) is 73.6 cm³/mol. The van der Waals surface area contributed by atoms with Crippen LogP contribution >= 0.6 is 0 Å². The van der Waals surface area contributed by atoms with Gasteiger partial charge in [-0.15, -0.1) is 0 Å². The van der Waals surface area contributed by atoms with Crippen molar-refractivity contribution in [3.05, 3.63) is 47.9 Å². The number of hydrazine groups is 1. The van der Waals surface area contributed by atoms with Gasteiger partial charge in [0.1, 0.15) is 5.69 Å². The van der Waals surface area contributed by atoms with E-state index in [1.54, 1.807) is 0 Å². The van der Waals surface area contributed by atoms with E-state index < -0.39 is 0 Å². The maximum atomic E-state index is 12.0. The summed E-state index contributed by atoms with van der Waals surface area (Å²) < 4.78 is 0. The van der Waals surface area contributed by atoms with Gasteiger partial charge >= 0.3 is 0 Å². The van der Waals surface area contributed by atoms with Crippen molar-refractivity contribution in [3.63, 3.8) is 0 Å². The van der Waals surface area contributed by atoms with Gasteiger partial charge in [0.25, 0.3) is 5.91 Å². The molecule has 98 valence electrons. The van der Waals surface area contributed by atoms with Crippen molar-refractivity contribution in [3.8, 4) is 0 Å². The highest BCUT2D eigenvalue weighted by Gasteiger charge is 2.09. The van der Waals surface area contributed by atoms with E-state index in [2.05, 4.69) is 27.6 Å². The zero-order chi connectivity index (χ0) is 13.7. The summed E-state index contributed by atoms with van der Waals surface area (Å²) in [4.78, 5) is 19.9. The average molecular weight is 257 g/mol. The summed E-state index contributed by atoms with van der Waals surface area (Å²) in [7, 11) is 0. The summed E-state index contributed by atoms with van der Waals surface area (Å²) in [6, 6.07) is 7.66. The first-order chi connectivity index (χ1) is 9.22. The third kappa shape index (κ3) is 3.26. The third-order valence-electron chi connectivity index (χ3n) is 2.61. The molecule has 0 bridgehead atoms. The van der Waals surface area contributed by atoms with Gasteiger partial charge in [0, 0.05) is 5.69 Å². The van der Waals surface area contributed by atoms with Crippen LogP contribution in [0.1, 0.15) is 23.0 Å². The number of carbonyl (C=O) groups excluding carboxylic acids is 1. The third-order valence-corrected chi connectivity index (χ3v) is 2.61. The van der Waals surface area contributed by atoms with E-state index >= 15 is 0 Å². The van der Waals surface area contributed by atoms with Gasteiger partial charge in [0.05, 0.1) is 12.4 Å². The molecule has 1 heterocycles. The van der Waals surface area contributed by atoms with Crippen LogP contribution in [0.25, 0.3) is 0 Å². The number of hydrogen-bond acceptors (Lipinski definition) is 5. The van der Waals surface area contributed by atoms with Gasteiger partial charge in [-0.3, -0.25) is 9.78 Å². The zero-order valence-corrected chi connectivity index (χ0v) is 10.6. The molecule has 4 N–H and O–H groups in total. The lowest BCUT2D eigenvalue weighted by molar-refractivity contribution is 0.102. The molecule has 0 aliphatic rings. The number of rotatable bonds is 4. The molecule has 6 heteroatoms. The molecule has 6 nitrogen and oxygen atoms in total. The molecule has 0 aliphatic heterocycles. The first kappa shape index (κ1) is 13.0. The monoisotopic (exact) mass is 257 g/mol. The van der Waals surface area contributed by atoms with Crippen molar-refractivity contribution in [1.82, 2.24) is 9.97 Å². The van der Waals surface area contributed by atoms with E-state index in [0.29, 0.717) is 5.82 Å². The highest BCUT2D eigenvalue weighted by molar-refractivity contribution is 6.02. The molecule has 0 saturated carbocycles. The average Bonchev–Trinajstić information content (AvgIpc) is 2.47. The molecule has 0 unspecified atom stereocenters. The maximum absolute atomic E-state index is 12.0. The van der Waals surface area contributed by atoms with Crippen LogP contribution in [-0.2, 0) is 6.42 Å². The Morgan fingerprint density at radius 3 is 2.95 bits per heavy atom. The quantitative estimate of drug-likeness (QED) is 0.571. The molecule has 1 amide bonds. The second kappa shape index (κ2) is 5.92. The summed E-state index contributed by atoms with van der Waals surface area (Å²) in [6.07, 6.45) is 3.74. The Bertz CT molecular complexity index is 585. The Labute approximate surface area is 111 Å². The fourth-order valence-electron chi connectivity index (χ4n) is 1.61. The fourth-order valence-corrected chi connectivity index (χ4v) is 1.61.